The van der Waals surface area contributed by atoms with Gasteiger partial charge in [0, 0.05) is 11.1 Å². The molecule has 0 amide bonds. The number of anilines is 3. The number of fused-ring (bicyclic) bond motifs is 4. The van der Waals surface area contributed by atoms with E-state index in [1.54, 1.807) is 0 Å². The summed E-state index contributed by atoms with van der Waals surface area (Å²) in [6.07, 6.45) is 5.19. The second-order valence-corrected chi connectivity index (χ2v) is 7.50. The average molecular weight is 325 g/mol. The molecule has 3 aromatic carbocycles. The molecule has 1 aliphatic heterocycles. The van der Waals surface area contributed by atoms with E-state index in [0.717, 1.165) is 0 Å². The van der Waals surface area contributed by atoms with E-state index in [9.17, 15) is 0 Å². The van der Waals surface area contributed by atoms with Crippen LogP contribution in [0.5, 0.6) is 0 Å². The lowest BCUT2D eigenvalue weighted by Crippen LogP contribution is -2.33. The van der Waals surface area contributed by atoms with Crippen molar-refractivity contribution in [3.63, 3.8) is 0 Å². The normalized spacial score (nSPS) is 17.4. The van der Waals surface area contributed by atoms with Gasteiger partial charge in [-0.2, -0.15) is 0 Å². The highest BCUT2D eigenvalue weighted by molar-refractivity contribution is 5.86. The van der Waals surface area contributed by atoms with E-state index in [-0.39, 0.29) is 5.41 Å². The molecule has 0 bridgehead atoms. The van der Waals surface area contributed by atoms with Gasteiger partial charge in [0.2, 0.25) is 0 Å². The number of para-hydroxylation sites is 2. The monoisotopic (exact) mass is 325 g/mol. The summed E-state index contributed by atoms with van der Waals surface area (Å²) in [5.41, 5.74) is 8.54. The van der Waals surface area contributed by atoms with Crippen LogP contribution in [0.4, 0.5) is 17.1 Å². The number of aryl methyl sites for hydroxylation is 1. The molecule has 0 N–H and O–H groups in total. The van der Waals surface area contributed by atoms with Gasteiger partial charge in [-0.05, 0) is 55.2 Å². The van der Waals surface area contributed by atoms with Gasteiger partial charge in [0.05, 0.1) is 11.4 Å². The number of benzene rings is 3. The number of hydrogen-bond acceptors (Lipinski definition) is 1. The van der Waals surface area contributed by atoms with Gasteiger partial charge in [-0.3, -0.25) is 0 Å². The van der Waals surface area contributed by atoms with Gasteiger partial charge in [0.1, 0.15) is 0 Å². The van der Waals surface area contributed by atoms with Gasteiger partial charge < -0.3 is 4.90 Å². The maximum atomic E-state index is 2.45. The van der Waals surface area contributed by atoms with Gasteiger partial charge in [-0.1, -0.05) is 66.9 Å². The van der Waals surface area contributed by atoms with E-state index >= 15 is 0 Å². The Hall–Kier alpha value is -2.54. The molecule has 2 aliphatic rings. The predicted octanol–water partition coefficient (Wildman–Crippen LogP) is 6.64. The maximum absolute atomic E-state index is 2.45. The number of rotatable bonds is 1. The van der Waals surface area contributed by atoms with Crippen LogP contribution in [0.25, 0.3) is 0 Å². The zero-order chi connectivity index (χ0) is 16.9. The highest BCUT2D eigenvalue weighted by Crippen LogP contribution is 2.58. The second-order valence-electron chi connectivity index (χ2n) is 7.50. The Kier molecular flexibility index (Phi) is 3.24. The third-order valence-electron chi connectivity index (χ3n) is 6.04. The van der Waals surface area contributed by atoms with Crippen LogP contribution >= 0.6 is 0 Å². The molecule has 124 valence electrons. The highest BCUT2D eigenvalue weighted by atomic mass is 15.2. The first-order chi connectivity index (χ1) is 12.3. The lowest BCUT2D eigenvalue weighted by molar-refractivity contribution is 0.529. The van der Waals surface area contributed by atoms with Crippen molar-refractivity contribution in [1.82, 2.24) is 0 Å². The summed E-state index contributed by atoms with van der Waals surface area (Å²) in [5.74, 6) is 0. The molecule has 1 nitrogen and oxygen atoms in total. The summed E-state index contributed by atoms with van der Waals surface area (Å²) in [6.45, 7) is 2.22. The number of hydrogen-bond donors (Lipinski definition) is 0. The molecule has 0 atom stereocenters. The van der Waals surface area contributed by atoms with Gasteiger partial charge in [-0.15, -0.1) is 0 Å². The van der Waals surface area contributed by atoms with Crippen molar-refractivity contribution in [1.29, 1.82) is 0 Å². The third kappa shape index (κ3) is 2.08. The van der Waals surface area contributed by atoms with Crippen LogP contribution < -0.4 is 4.90 Å². The topological polar surface area (TPSA) is 3.24 Å². The van der Waals surface area contributed by atoms with E-state index in [2.05, 4.69) is 84.6 Å². The summed E-state index contributed by atoms with van der Waals surface area (Å²) in [6, 6.07) is 26.9. The van der Waals surface area contributed by atoms with Crippen LogP contribution in [0.2, 0.25) is 0 Å². The molecule has 5 rings (SSSR count). The van der Waals surface area contributed by atoms with Gasteiger partial charge >= 0.3 is 0 Å². The molecule has 25 heavy (non-hydrogen) atoms. The molecule has 1 spiro atoms. The van der Waals surface area contributed by atoms with Gasteiger partial charge in [0.15, 0.2) is 0 Å². The van der Waals surface area contributed by atoms with Crippen molar-refractivity contribution in [2.24, 2.45) is 0 Å². The molecule has 0 radical (unpaired) electrons. The molecular weight excluding hydrogens is 302 g/mol. The van der Waals surface area contributed by atoms with E-state index in [4.69, 9.17) is 0 Å². The summed E-state index contributed by atoms with van der Waals surface area (Å²) in [4.78, 5) is 2.45. The Balaban J connectivity index is 1.84. The largest absolute Gasteiger partial charge is 0.310 e. The molecule has 0 aromatic heterocycles. The van der Waals surface area contributed by atoms with Gasteiger partial charge in [-0.25, -0.2) is 0 Å². The molecule has 1 heteroatoms. The summed E-state index contributed by atoms with van der Waals surface area (Å²) in [7, 11) is 0. The third-order valence-corrected chi connectivity index (χ3v) is 6.04. The Morgan fingerprint density at radius 2 is 1.40 bits per heavy atom. The molecule has 1 saturated carbocycles. The van der Waals surface area contributed by atoms with Crippen LogP contribution in [-0.4, -0.2) is 0 Å². The fourth-order valence-electron chi connectivity index (χ4n) is 4.95. The Labute approximate surface area is 149 Å². The number of nitrogens with zero attached hydrogens (tertiary/aromatic N) is 1. The summed E-state index contributed by atoms with van der Waals surface area (Å²) < 4.78 is 0. The highest BCUT2D eigenvalue weighted by Gasteiger charge is 2.45. The van der Waals surface area contributed by atoms with Crippen LogP contribution in [-0.2, 0) is 5.41 Å². The Morgan fingerprint density at radius 1 is 0.720 bits per heavy atom. The Morgan fingerprint density at radius 3 is 2.20 bits per heavy atom. The predicted molar refractivity (Wildman–Crippen MR) is 105 cm³/mol. The zero-order valence-electron chi connectivity index (χ0n) is 14.7. The molecule has 1 fully saturated rings. The van der Waals surface area contributed by atoms with E-state index in [1.807, 2.05) is 0 Å². The quantitative estimate of drug-likeness (QED) is 0.485. The SMILES string of the molecule is Cc1ccc2c(c1)C1(CCCC1)c1ccccc1N2c1ccccc1. The van der Waals surface area contributed by atoms with Crippen molar-refractivity contribution in [2.45, 2.75) is 38.0 Å². The summed E-state index contributed by atoms with van der Waals surface area (Å²) in [5, 5.41) is 0. The fraction of sp³-hybridized carbons (Fsp3) is 0.250. The lowest BCUT2D eigenvalue weighted by Gasteiger charge is -2.44. The van der Waals surface area contributed by atoms with Gasteiger partial charge in [0.25, 0.3) is 0 Å². The first kappa shape index (κ1) is 14.8. The first-order valence-electron chi connectivity index (χ1n) is 9.35. The van der Waals surface area contributed by atoms with Crippen LogP contribution in [0, 0.1) is 6.92 Å². The molecule has 1 heterocycles. The summed E-state index contributed by atoms with van der Waals surface area (Å²) >= 11 is 0. The average Bonchev–Trinajstić information content (AvgIpc) is 3.14. The lowest BCUT2D eigenvalue weighted by atomic mass is 9.69. The minimum absolute atomic E-state index is 0.198. The molecule has 1 aliphatic carbocycles. The zero-order valence-corrected chi connectivity index (χ0v) is 14.7. The van der Waals surface area contributed by atoms with Crippen LogP contribution in [0.15, 0.2) is 72.8 Å². The molecule has 0 unspecified atom stereocenters. The van der Waals surface area contributed by atoms with Crippen molar-refractivity contribution in [3.8, 4) is 0 Å². The second kappa shape index (κ2) is 5.49. The van der Waals surface area contributed by atoms with E-state index in [0.29, 0.717) is 0 Å². The van der Waals surface area contributed by atoms with Crippen molar-refractivity contribution in [3.05, 3.63) is 89.5 Å². The first-order valence-corrected chi connectivity index (χ1v) is 9.35. The van der Waals surface area contributed by atoms with Crippen molar-refractivity contribution < 1.29 is 0 Å². The molecular formula is C24H23N. The van der Waals surface area contributed by atoms with Crippen LogP contribution in [0.1, 0.15) is 42.4 Å². The van der Waals surface area contributed by atoms with Crippen molar-refractivity contribution >= 4 is 17.1 Å². The standard InChI is InChI=1S/C24H23N/c1-18-13-14-23-21(17-18)24(15-7-8-16-24)20-11-5-6-12-22(20)25(23)19-9-3-2-4-10-19/h2-6,9-14,17H,7-8,15-16H2,1H3. The smallest absolute Gasteiger partial charge is 0.0503 e. The molecule has 3 aromatic rings. The Bertz CT molecular complexity index is 920. The van der Waals surface area contributed by atoms with Crippen LogP contribution in [0.3, 0.4) is 0 Å². The van der Waals surface area contributed by atoms with E-state index in [1.165, 1.54) is 59.4 Å². The minimum Gasteiger partial charge on any atom is -0.310 e. The van der Waals surface area contributed by atoms with Crippen molar-refractivity contribution in [2.75, 3.05) is 4.90 Å². The minimum atomic E-state index is 0.198. The maximum Gasteiger partial charge on any atom is 0.0503 e. The molecule has 0 saturated heterocycles. The fourth-order valence-corrected chi connectivity index (χ4v) is 4.95. The van der Waals surface area contributed by atoms with E-state index < -0.39 is 0 Å².